The van der Waals surface area contributed by atoms with Gasteiger partial charge in [0, 0.05) is 25.7 Å². The molecule has 0 spiro atoms. The fraction of sp³-hybridized carbons (Fsp3) is 0.435. The highest BCUT2D eigenvalue weighted by molar-refractivity contribution is 7.89. The number of hydrogen-bond acceptors (Lipinski definition) is 4. The van der Waals surface area contributed by atoms with Crippen LogP contribution in [-0.2, 0) is 23.1 Å². The summed E-state index contributed by atoms with van der Waals surface area (Å²) in [7, 11) is 0.136. The molecule has 0 amide bonds. The minimum atomic E-state index is -3.42. The SMILES string of the molecule is CCNC(=NCc1ccc(S(=O)(=O)NC)cc1)NCCC(C)N(C)Cc1ccccc1. The third kappa shape index (κ3) is 8.32. The molecule has 7 nitrogen and oxygen atoms in total. The van der Waals surface area contributed by atoms with Gasteiger partial charge < -0.3 is 10.6 Å². The molecule has 31 heavy (non-hydrogen) atoms. The molecule has 2 rings (SSSR count). The number of rotatable bonds is 11. The Morgan fingerprint density at radius 2 is 1.71 bits per heavy atom. The number of hydrogen-bond donors (Lipinski definition) is 3. The molecule has 0 aliphatic heterocycles. The van der Waals surface area contributed by atoms with Gasteiger partial charge in [0.05, 0.1) is 11.4 Å². The van der Waals surface area contributed by atoms with Crippen molar-refractivity contribution in [2.75, 3.05) is 27.2 Å². The lowest BCUT2D eigenvalue weighted by molar-refractivity contribution is 0.238. The van der Waals surface area contributed by atoms with E-state index in [2.05, 4.69) is 63.5 Å². The normalized spacial score (nSPS) is 13.3. The van der Waals surface area contributed by atoms with Crippen LogP contribution in [0.25, 0.3) is 0 Å². The van der Waals surface area contributed by atoms with E-state index in [4.69, 9.17) is 0 Å². The minimum Gasteiger partial charge on any atom is -0.357 e. The molecule has 1 atom stereocenters. The lowest BCUT2D eigenvalue weighted by Gasteiger charge is -2.25. The van der Waals surface area contributed by atoms with Crippen molar-refractivity contribution >= 4 is 16.0 Å². The van der Waals surface area contributed by atoms with Gasteiger partial charge in [0.1, 0.15) is 0 Å². The van der Waals surface area contributed by atoms with Gasteiger partial charge in [-0.05, 0) is 57.6 Å². The van der Waals surface area contributed by atoms with E-state index in [1.54, 1.807) is 24.3 Å². The van der Waals surface area contributed by atoms with Gasteiger partial charge in [-0.2, -0.15) is 0 Å². The van der Waals surface area contributed by atoms with Crippen molar-refractivity contribution in [2.24, 2.45) is 4.99 Å². The Morgan fingerprint density at radius 1 is 1.03 bits per heavy atom. The summed E-state index contributed by atoms with van der Waals surface area (Å²) in [5.74, 6) is 0.757. The highest BCUT2D eigenvalue weighted by Gasteiger charge is 2.11. The van der Waals surface area contributed by atoms with Crippen molar-refractivity contribution in [3.8, 4) is 0 Å². The van der Waals surface area contributed by atoms with Gasteiger partial charge in [-0.15, -0.1) is 0 Å². The Bertz CT molecular complexity index is 915. The maximum absolute atomic E-state index is 11.8. The summed E-state index contributed by atoms with van der Waals surface area (Å²) in [5, 5.41) is 6.65. The van der Waals surface area contributed by atoms with Crippen LogP contribution in [0.4, 0.5) is 0 Å². The van der Waals surface area contributed by atoms with E-state index in [1.165, 1.54) is 12.6 Å². The molecule has 2 aromatic carbocycles. The predicted molar refractivity (Wildman–Crippen MR) is 127 cm³/mol. The molecule has 0 heterocycles. The fourth-order valence-corrected chi connectivity index (χ4v) is 3.78. The standard InChI is InChI=1S/C23H35N5O2S/c1-5-25-23(27-17-20-11-13-22(14-12-20)31(29,30)24-3)26-16-15-19(2)28(4)18-21-9-7-6-8-10-21/h6-14,19,24H,5,15-18H2,1-4H3,(H2,25,26,27). The molecule has 0 bridgehead atoms. The average Bonchev–Trinajstić information content (AvgIpc) is 2.78. The average molecular weight is 446 g/mol. The minimum absolute atomic E-state index is 0.251. The summed E-state index contributed by atoms with van der Waals surface area (Å²) in [4.78, 5) is 7.22. The Hall–Kier alpha value is -2.42. The zero-order valence-corrected chi connectivity index (χ0v) is 19.7. The molecule has 0 aliphatic carbocycles. The van der Waals surface area contributed by atoms with E-state index in [-0.39, 0.29) is 4.90 Å². The van der Waals surface area contributed by atoms with Gasteiger partial charge in [0.2, 0.25) is 10.0 Å². The van der Waals surface area contributed by atoms with Gasteiger partial charge in [0.25, 0.3) is 0 Å². The maximum atomic E-state index is 11.8. The van der Waals surface area contributed by atoms with Crippen LogP contribution in [0.1, 0.15) is 31.4 Å². The van der Waals surface area contributed by atoms with Gasteiger partial charge in [0.15, 0.2) is 5.96 Å². The lowest BCUT2D eigenvalue weighted by Crippen LogP contribution is -2.40. The largest absolute Gasteiger partial charge is 0.357 e. The Balaban J connectivity index is 1.85. The lowest BCUT2D eigenvalue weighted by atomic mass is 10.1. The van der Waals surface area contributed by atoms with E-state index in [1.807, 2.05) is 13.0 Å². The summed E-state index contributed by atoms with van der Waals surface area (Å²) < 4.78 is 26.0. The van der Waals surface area contributed by atoms with Crippen molar-refractivity contribution in [1.82, 2.24) is 20.3 Å². The second-order valence-corrected chi connectivity index (χ2v) is 9.40. The fourth-order valence-electron chi connectivity index (χ4n) is 3.05. The van der Waals surface area contributed by atoms with Crippen LogP contribution in [0.2, 0.25) is 0 Å². The maximum Gasteiger partial charge on any atom is 0.240 e. The summed E-state index contributed by atoms with van der Waals surface area (Å²) in [6.45, 7) is 7.24. The zero-order valence-electron chi connectivity index (χ0n) is 18.9. The van der Waals surface area contributed by atoms with Crippen LogP contribution in [-0.4, -0.2) is 52.5 Å². The van der Waals surface area contributed by atoms with Gasteiger partial charge in [-0.3, -0.25) is 4.90 Å². The second-order valence-electron chi connectivity index (χ2n) is 7.51. The number of sulfonamides is 1. The molecule has 0 aromatic heterocycles. The number of nitrogens with one attached hydrogen (secondary N) is 3. The van der Waals surface area contributed by atoms with Crippen LogP contribution < -0.4 is 15.4 Å². The van der Waals surface area contributed by atoms with Crippen LogP contribution in [0.3, 0.4) is 0 Å². The highest BCUT2D eigenvalue weighted by atomic mass is 32.2. The molecular weight excluding hydrogens is 410 g/mol. The first kappa shape index (κ1) is 24.8. The molecule has 2 aromatic rings. The van der Waals surface area contributed by atoms with Crippen LogP contribution in [0.15, 0.2) is 64.5 Å². The third-order valence-corrected chi connectivity index (χ3v) is 6.58. The Morgan fingerprint density at radius 3 is 2.32 bits per heavy atom. The topological polar surface area (TPSA) is 85.8 Å². The first-order valence-electron chi connectivity index (χ1n) is 10.6. The van der Waals surface area contributed by atoms with E-state index in [0.29, 0.717) is 12.6 Å². The van der Waals surface area contributed by atoms with Crippen molar-refractivity contribution in [3.05, 3.63) is 65.7 Å². The number of guanidine groups is 1. The Kier molecular flexibility index (Phi) is 9.97. The molecule has 8 heteroatoms. The molecule has 1 unspecified atom stereocenters. The van der Waals surface area contributed by atoms with Crippen molar-refractivity contribution in [1.29, 1.82) is 0 Å². The summed E-state index contributed by atoms with van der Waals surface area (Å²) in [5.41, 5.74) is 2.26. The highest BCUT2D eigenvalue weighted by Crippen LogP contribution is 2.11. The molecule has 0 saturated carbocycles. The van der Waals surface area contributed by atoms with Crippen LogP contribution >= 0.6 is 0 Å². The summed E-state index contributed by atoms with van der Waals surface area (Å²) >= 11 is 0. The monoisotopic (exact) mass is 445 g/mol. The smallest absolute Gasteiger partial charge is 0.240 e. The molecule has 0 saturated heterocycles. The predicted octanol–water partition coefficient (Wildman–Crippen LogP) is 2.56. The van der Waals surface area contributed by atoms with Gasteiger partial charge >= 0.3 is 0 Å². The molecular formula is C23H35N5O2S. The molecule has 0 aliphatic rings. The summed E-state index contributed by atoms with van der Waals surface area (Å²) in [6, 6.07) is 17.7. The number of nitrogens with zero attached hydrogens (tertiary/aromatic N) is 2. The number of aliphatic imine (C=N–C) groups is 1. The quantitative estimate of drug-likeness (QED) is 0.366. The van der Waals surface area contributed by atoms with Crippen LogP contribution in [0, 0.1) is 0 Å². The van der Waals surface area contributed by atoms with Crippen molar-refractivity contribution in [2.45, 2.75) is 44.3 Å². The summed E-state index contributed by atoms with van der Waals surface area (Å²) in [6.07, 6.45) is 0.990. The van der Waals surface area contributed by atoms with E-state index >= 15 is 0 Å². The van der Waals surface area contributed by atoms with Gasteiger partial charge in [-0.25, -0.2) is 18.1 Å². The van der Waals surface area contributed by atoms with Crippen molar-refractivity contribution in [3.63, 3.8) is 0 Å². The molecule has 170 valence electrons. The third-order valence-electron chi connectivity index (χ3n) is 5.15. The molecule has 3 N–H and O–H groups in total. The first-order chi connectivity index (χ1) is 14.9. The van der Waals surface area contributed by atoms with Gasteiger partial charge in [-0.1, -0.05) is 42.5 Å². The van der Waals surface area contributed by atoms with Crippen LogP contribution in [0.5, 0.6) is 0 Å². The van der Waals surface area contributed by atoms with E-state index in [0.717, 1.165) is 37.6 Å². The van der Waals surface area contributed by atoms with E-state index < -0.39 is 10.0 Å². The zero-order chi connectivity index (χ0) is 22.7. The van der Waals surface area contributed by atoms with Crippen molar-refractivity contribution < 1.29 is 8.42 Å². The van der Waals surface area contributed by atoms with E-state index in [9.17, 15) is 8.42 Å². The number of benzene rings is 2. The first-order valence-corrected chi connectivity index (χ1v) is 12.1. The second kappa shape index (κ2) is 12.4. The Labute approximate surface area is 187 Å². The molecule has 0 fully saturated rings. The molecule has 0 radical (unpaired) electrons.